The summed E-state index contributed by atoms with van der Waals surface area (Å²) in [5, 5.41) is 2.28. The highest BCUT2D eigenvalue weighted by Crippen LogP contribution is 2.40. The van der Waals surface area contributed by atoms with Gasteiger partial charge in [0.2, 0.25) is 0 Å². The molecule has 0 aromatic heterocycles. The minimum atomic E-state index is 0. The van der Waals surface area contributed by atoms with Gasteiger partial charge in [-0.15, -0.1) is 0 Å². The quantitative estimate of drug-likeness (QED) is 0.226. The van der Waals surface area contributed by atoms with Crippen LogP contribution in [0, 0.1) is 0 Å². The van der Waals surface area contributed by atoms with Crippen LogP contribution in [0.3, 0.4) is 0 Å². The highest BCUT2D eigenvalue weighted by Gasteiger charge is 2.15. The first kappa shape index (κ1) is 20.8. The Kier molecular flexibility index (Phi) is 18.0. The van der Waals surface area contributed by atoms with E-state index in [4.69, 9.17) is 0 Å². The maximum absolute atomic E-state index is 2.53. The first-order valence-electron chi connectivity index (χ1n) is 5.91. The van der Waals surface area contributed by atoms with Crippen molar-refractivity contribution in [1.82, 2.24) is 0 Å². The van der Waals surface area contributed by atoms with Gasteiger partial charge in [-0.2, -0.15) is 0 Å². The van der Waals surface area contributed by atoms with E-state index in [1.807, 2.05) is 0 Å². The zero-order chi connectivity index (χ0) is 11.6. The van der Waals surface area contributed by atoms with Crippen molar-refractivity contribution in [2.45, 2.75) is 50.8 Å². The molecule has 0 bridgehead atoms. The Morgan fingerprint density at radius 3 is 1.69 bits per heavy atom. The predicted molar refractivity (Wildman–Crippen MR) is 94.4 cm³/mol. The second-order valence-electron chi connectivity index (χ2n) is 4.04. The van der Waals surface area contributed by atoms with Gasteiger partial charge in [0.25, 0.3) is 0 Å². The van der Waals surface area contributed by atoms with Crippen LogP contribution in [-0.2, 0) is 0 Å². The maximum atomic E-state index is 2.53. The first-order chi connectivity index (χ1) is 7.06. The van der Waals surface area contributed by atoms with Crippen molar-refractivity contribution in [3.8, 4) is 0 Å². The molecule has 0 saturated carbocycles. The Bertz CT molecular complexity index is 140. The zero-order valence-corrected chi connectivity index (χ0v) is 17.2. The summed E-state index contributed by atoms with van der Waals surface area (Å²) in [6.07, 6.45) is 11.3. The number of rotatable bonds is 10. The monoisotopic (exact) mass is 585 g/mol. The van der Waals surface area contributed by atoms with Crippen LogP contribution < -0.4 is 17.7 Å². The second-order valence-corrected chi connectivity index (χ2v) is 15.8. The number of hydrogen-bond donors (Lipinski definition) is 1. The Balaban J connectivity index is 0. The number of hydrogen-bond acceptors (Lipinski definition) is 0. The van der Waals surface area contributed by atoms with Crippen LogP contribution in [0.4, 0.5) is 0 Å². The summed E-state index contributed by atoms with van der Waals surface area (Å²) in [4.78, 5) is 0. The van der Waals surface area contributed by atoms with E-state index in [0.717, 1.165) is 0 Å². The summed E-state index contributed by atoms with van der Waals surface area (Å²) in [5.74, 6) is 0. The molecule has 0 fully saturated rings. The van der Waals surface area contributed by atoms with Gasteiger partial charge in [-0.25, -0.2) is 0 Å². The molecule has 16 heavy (non-hydrogen) atoms. The van der Waals surface area contributed by atoms with Crippen molar-refractivity contribution in [3.63, 3.8) is 0 Å². The normalized spacial score (nSPS) is 11.2. The van der Waals surface area contributed by atoms with Gasteiger partial charge in [-0.3, -0.25) is 0 Å². The lowest BCUT2D eigenvalue weighted by atomic mass is 10.1. The molecular formula is C11H23ClI3N. The molecule has 0 atom stereocenters. The predicted octanol–water partition coefficient (Wildman–Crippen LogP) is 1.26. The topological polar surface area (TPSA) is 16.6 Å². The minimum Gasteiger partial charge on any atom is -1.00 e. The minimum absolute atomic E-state index is 0. The third-order valence-corrected chi connectivity index (χ3v) is 4.07. The van der Waals surface area contributed by atoms with E-state index in [1.165, 1.54) is 57.9 Å². The number of halogens is 4. The number of nitrogens with two attached hydrogens (primary N) is 1. The average Bonchev–Trinajstić information content (AvgIpc) is 2.14. The molecule has 5 heteroatoms. The Morgan fingerprint density at radius 2 is 1.25 bits per heavy atom. The third kappa shape index (κ3) is 18.8. The molecule has 0 aromatic carbocycles. The van der Waals surface area contributed by atoms with Gasteiger partial charge in [0, 0.05) is 0 Å². The van der Waals surface area contributed by atoms with E-state index in [2.05, 4.69) is 80.1 Å². The molecule has 2 N–H and O–H groups in total. The Morgan fingerprint density at radius 1 is 0.812 bits per heavy atom. The SMILES string of the molecule is C[NH2+]CCCCCCCCCC(I)(I)I.[Cl-]. The van der Waals surface area contributed by atoms with Gasteiger partial charge in [0.1, 0.15) is -0.565 Å². The molecule has 0 saturated heterocycles. The largest absolute Gasteiger partial charge is 1.00 e. The lowest BCUT2D eigenvalue weighted by Gasteiger charge is -2.11. The van der Waals surface area contributed by atoms with Gasteiger partial charge in [-0.05, 0) is 19.3 Å². The molecule has 100 valence electrons. The van der Waals surface area contributed by atoms with Crippen molar-refractivity contribution in [2.24, 2.45) is 0 Å². The van der Waals surface area contributed by atoms with Crippen LogP contribution in [0.25, 0.3) is 0 Å². The summed E-state index contributed by atoms with van der Waals surface area (Å²) in [7, 11) is 2.16. The van der Waals surface area contributed by atoms with Gasteiger partial charge in [-0.1, -0.05) is 99.9 Å². The smallest absolute Gasteiger partial charge is 0.124 e. The second kappa shape index (κ2) is 13.9. The summed E-state index contributed by atoms with van der Waals surface area (Å²) >= 11 is 7.59. The van der Waals surface area contributed by atoms with Gasteiger partial charge in [0.15, 0.2) is 0 Å². The van der Waals surface area contributed by atoms with Crippen molar-refractivity contribution in [1.29, 1.82) is 0 Å². The van der Waals surface area contributed by atoms with Crippen LogP contribution in [0.1, 0.15) is 51.4 Å². The standard InChI is InChI=1S/C11H22I3N.ClH/c1-15-10-8-6-4-2-3-5-7-9-11(12,13)14;/h15H,2-10H2,1H3;1H. The van der Waals surface area contributed by atoms with Crippen molar-refractivity contribution in [2.75, 3.05) is 13.6 Å². The van der Waals surface area contributed by atoms with Crippen LogP contribution >= 0.6 is 67.8 Å². The van der Waals surface area contributed by atoms with E-state index < -0.39 is 0 Å². The average molecular weight is 585 g/mol. The van der Waals surface area contributed by atoms with Crippen molar-refractivity contribution >= 4 is 67.8 Å². The highest BCUT2D eigenvalue weighted by atomic mass is 127. The van der Waals surface area contributed by atoms with E-state index in [9.17, 15) is 0 Å². The van der Waals surface area contributed by atoms with Crippen LogP contribution in [0.5, 0.6) is 0 Å². The molecule has 0 spiro atoms. The van der Waals surface area contributed by atoms with Gasteiger partial charge < -0.3 is 17.7 Å². The lowest BCUT2D eigenvalue weighted by molar-refractivity contribution is -0.627. The molecule has 0 aliphatic carbocycles. The summed E-state index contributed by atoms with van der Waals surface area (Å²) in [6.45, 7) is 1.31. The number of alkyl halides is 3. The summed E-state index contributed by atoms with van der Waals surface area (Å²) < 4.78 is 0.449. The molecule has 0 rings (SSSR count). The molecule has 0 unspecified atom stereocenters. The lowest BCUT2D eigenvalue weighted by Crippen LogP contribution is -3.00. The van der Waals surface area contributed by atoms with E-state index >= 15 is 0 Å². The Hall–Kier alpha value is 2.44. The fourth-order valence-electron chi connectivity index (χ4n) is 1.56. The molecule has 0 amide bonds. The summed E-state index contributed by atoms with van der Waals surface area (Å²) in [6, 6.07) is 0. The first-order valence-corrected chi connectivity index (χ1v) is 9.14. The van der Waals surface area contributed by atoms with E-state index in [1.54, 1.807) is 0 Å². The van der Waals surface area contributed by atoms with E-state index in [0.29, 0.717) is -0.565 Å². The fourth-order valence-corrected chi connectivity index (χ4v) is 2.70. The van der Waals surface area contributed by atoms with Crippen LogP contribution in [0.2, 0.25) is 0 Å². The number of quaternary nitrogens is 1. The molecule has 0 aliphatic heterocycles. The van der Waals surface area contributed by atoms with Crippen molar-refractivity contribution in [3.05, 3.63) is 0 Å². The fraction of sp³-hybridized carbons (Fsp3) is 1.00. The molecule has 0 heterocycles. The molecule has 1 nitrogen and oxygen atoms in total. The third-order valence-electron chi connectivity index (χ3n) is 2.45. The van der Waals surface area contributed by atoms with Gasteiger partial charge in [0.05, 0.1) is 13.6 Å². The number of unbranched alkanes of at least 4 members (excludes halogenated alkanes) is 6. The van der Waals surface area contributed by atoms with Crippen LogP contribution in [-0.4, -0.2) is 13.0 Å². The maximum Gasteiger partial charge on any atom is 0.124 e. The highest BCUT2D eigenvalue weighted by molar-refractivity contribution is 14.3. The zero-order valence-electron chi connectivity index (χ0n) is 9.95. The van der Waals surface area contributed by atoms with Crippen molar-refractivity contribution < 1.29 is 17.7 Å². The van der Waals surface area contributed by atoms with Crippen LogP contribution in [0.15, 0.2) is 0 Å². The molecular weight excluding hydrogens is 562 g/mol. The van der Waals surface area contributed by atoms with Gasteiger partial charge >= 0.3 is 0 Å². The van der Waals surface area contributed by atoms with E-state index in [-0.39, 0.29) is 12.4 Å². The molecule has 0 aromatic rings. The molecule has 0 aliphatic rings. The summed E-state index contributed by atoms with van der Waals surface area (Å²) in [5.41, 5.74) is 0. The Labute approximate surface area is 148 Å². The molecule has 0 radical (unpaired) electrons.